The molecule has 0 aromatic carbocycles. The van der Waals surface area contributed by atoms with Gasteiger partial charge in [-0.2, -0.15) is 0 Å². The molecule has 0 aliphatic rings. The van der Waals surface area contributed by atoms with E-state index >= 15 is 0 Å². The molecule has 0 aromatic heterocycles. The average molecular weight is 194 g/mol. The van der Waals surface area contributed by atoms with Gasteiger partial charge in [0.2, 0.25) is 0 Å². The van der Waals surface area contributed by atoms with Crippen LogP contribution in [0.2, 0.25) is 0 Å². The van der Waals surface area contributed by atoms with E-state index in [-0.39, 0.29) is 44.6 Å². The second kappa shape index (κ2) is 60.3. The van der Waals surface area contributed by atoms with E-state index in [0.717, 1.165) is 0 Å². The third-order valence-electron chi connectivity index (χ3n) is 1.01. The molecule has 0 N–H and O–H groups in total. The summed E-state index contributed by atoms with van der Waals surface area (Å²) in [6, 6.07) is 0. The predicted molar refractivity (Wildman–Crippen MR) is 74.7 cm³/mol. The molecule has 0 heteroatoms. The summed E-state index contributed by atoms with van der Waals surface area (Å²) in [6.07, 6.45) is 7.16. The molecule has 0 aliphatic heterocycles. The molecule has 0 atom stereocenters. The van der Waals surface area contributed by atoms with Crippen LogP contribution in [0.5, 0.6) is 0 Å². The van der Waals surface area contributed by atoms with Crippen LogP contribution >= 0.6 is 0 Å². The topological polar surface area (TPSA) is 0 Å². The smallest absolute Gasteiger partial charge is 0.0353 e. The Morgan fingerprint density at radius 1 is 0.846 bits per heavy atom. The maximum absolute atomic E-state index is 3.63. The van der Waals surface area contributed by atoms with Crippen molar-refractivity contribution >= 4 is 0 Å². The van der Waals surface area contributed by atoms with Gasteiger partial charge in [0, 0.05) is 0 Å². The highest BCUT2D eigenvalue weighted by atomic mass is 13.8. The minimum atomic E-state index is 0. The fourth-order valence-electron chi connectivity index (χ4n) is 0.539. The van der Waals surface area contributed by atoms with E-state index < -0.39 is 0 Å². The Bertz CT molecular complexity index is 37.3. The highest BCUT2D eigenvalue weighted by molar-refractivity contribution is 4.64. The molecule has 0 unspecified atom stereocenters. The van der Waals surface area contributed by atoms with Gasteiger partial charge in [-0.25, -0.2) is 0 Å². The molecule has 0 saturated carbocycles. The average Bonchev–Trinajstić information content (AvgIpc) is 1.69. The number of unbranched alkanes of at least 4 members (excludes halogenated alkanes) is 3. The van der Waals surface area contributed by atoms with Crippen LogP contribution in [-0.2, 0) is 0 Å². The van der Waals surface area contributed by atoms with Crippen molar-refractivity contribution in [2.24, 2.45) is 0 Å². The maximum atomic E-state index is 3.63. The lowest BCUT2D eigenvalue weighted by molar-refractivity contribution is 0.730. The van der Waals surface area contributed by atoms with Gasteiger partial charge in [-0.15, -0.1) is 6.58 Å². The number of rotatable bonds is 4. The molecular formula is C13H38. The SMILES string of the molecule is C.C.C.C.C.C.C=CCCCCC. The summed E-state index contributed by atoms with van der Waals surface area (Å²) in [5.74, 6) is 0. The van der Waals surface area contributed by atoms with Crippen molar-refractivity contribution in [2.45, 2.75) is 77.2 Å². The molecular weight excluding hydrogens is 156 g/mol. The normalized spacial score (nSPS) is 4.69. The molecule has 0 radical (unpaired) electrons. The van der Waals surface area contributed by atoms with E-state index in [0.29, 0.717) is 0 Å². The summed E-state index contributed by atoms with van der Waals surface area (Å²) >= 11 is 0. The second-order valence-electron chi connectivity index (χ2n) is 1.78. The summed E-state index contributed by atoms with van der Waals surface area (Å²) in [4.78, 5) is 0. The minimum Gasteiger partial charge on any atom is -0.103 e. The van der Waals surface area contributed by atoms with Crippen molar-refractivity contribution in [1.82, 2.24) is 0 Å². The largest absolute Gasteiger partial charge is 0.103 e. The lowest BCUT2D eigenvalue weighted by atomic mass is 10.2. The lowest BCUT2D eigenvalue weighted by Gasteiger charge is -1.87. The van der Waals surface area contributed by atoms with Crippen LogP contribution in [0, 0.1) is 0 Å². The van der Waals surface area contributed by atoms with Crippen molar-refractivity contribution in [1.29, 1.82) is 0 Å². The Kier molecular flexibility index (Phi) is 247. The zero-order chi connectivity index (χ0) is 5.54. The molecule has 0 fully saturated rings. The van der Waals surface area contributed by atoms with Gasteiger partial charge in [-0.3, -0.25) is 0 Å². The van der Waals surface area contributed by atoms with E-state index in [1.807, 2.05) is 6.08 Å². The van der Waals surface area contributed by atoms with Crippen LogP contribution in [0.3, 0.4) is 0 Å². The first kappa shape index (κ1) is 53.3. The third-order valence-corrected chi connectivity index (χ3v) is 1.01. The highest BCUT2D eigenvalue weighted by Gasteiger charge is 1.77. The Morgan fingerprint density at radius 3 is 1.46 bits per heavy atom. The van der Waals surface area contributed by atoms with Crippen molar-refractivity contribution < 1.29 is 0 Å². The first-order valence-electron chi connectivity index (χ1n) is 3.02. The Labute approximate surface area is 90.5 Å². The molecule has 13 heavy (non-hydrogen) atoms. The Balaban J connectivity index is -0.0000000120. The molecule has 0 aliphatic carbocycles. The van der Waals surface area contributed by atoms with Gasteiger partial charge in [-0.05, 0) is 12.8 Å². The Morgan fingerprint density at radius 2 is 1.23 bits per heavy atom. The predicted octanol–water partition coefficient (Wildman–Crippen LogP) is 6.57. The second-order valence-corrected chi connectivity index (χ2v) is 1.78. The van der Waals surface area contributed by atoms with Crippen molar-refractivity contribution in [3.8, 4) is 0 Å². The molecule has 90 valence electrons. The Hall–Kier alpha value is -0.260. The molecule has 0 spiro atoms. The van der Waals surface area contributed by atoms with Gasteiger partial charge >= 0.3 is 0 Å². The van der Waals surface area contributed by atoms with Crippen molar-refractivity contribution in [2.75, 3.05) is 0 Å². The minimum absolute atomic E-state index is 0. The highest BCUT2D eigenvalue weighted by Crippen LogP contribution is 1.97. The molecule has 0 bridgehead atoms. The van der Waals surface area contributed by atoms with Crippen molar-refractivity contribution in [3.05, 3.63) is 12.7 Å². The standard InChI is InChI=1S/C7H14.6CH4/c1-3-5-7-6-4-2;;;;;;/h3H,1,4-7H2,2H3;6*1H4. The summed E-state index contributed by atoms with van der Waals surface area (Å²) in [7, 11) is 0. The first-order valence-corrected chi connectivity index (χ1v) is 3.02. The van der Waals surface area contributed by atoms with E-state index in [2.05, 4.69) is 13.5 Å². The number of hydrogen-bond donors (Lipinski definition) is 0. The summed E-state index contributed by atoms with van der Waals surface area (Å²) in [6.45, 7) is 5.84. The third kappa shape index (κ3) is 79.6. The first-order chi connectivity index (χ1) is 3.41. The van der Waals surface area contributed by atoms with Crippen LogP contribution in [-0.4, -0.2) is 0 Å². The van der Waals surface area contributed by atoms with Gasteiger partial charge in [0.05, 0.1) is 0 Å². The zero-order valence-corrected chi connectivity index (χ0v) is 5.11. The van der Waals surface area contributed by atoms with Crippen LogP contribution in [0.1, 0.15) is 77.2 Å². The van der Waals surface area contributed by atoms with E-state index in [4.69, 9.17) is 0 Å². The monoisotopic (exact) mass is 194 g/mol. The van der Waals surface area contributed by atoms with Crippen LogP contribution < -0.4 is 0 Å². The van der Waals surface area contributed by atoms with Crippen molar-refractivity contribution in [3.63, 3.8) is 0 Å². The van der Waals surface area contributed by atoms with Gasteiger partial charge in [-0.1, -0.05) is 70.4 Å². The molecule has 0 rings (SSSR count). The van der Waals surface area contributed by atoms with Gasteiger partial charge in [0.25, 0.3) is 0 Å². The molecule has 0 aromatic rings. The van der Waals surface area contributed by atoms with Crippen LogP contribution in [0.15, 0.2) is 12.7 Å². The number of allylic oxidation sites excluding steroid dienone is 1. The number of hydrogen-bond acceptors (Lipinski definition) is 0. The van der Waals surface area contributed by atoms with Gasteiger partial charge in [0.15, 0.2) is 0 Å². The van der Waals surface area contributed by atoms with Gasteiger partial charge < -0.3 is 0 Å². The molecule has 0 amide bonds. The molecule has 0 heterocycles. The molecule has 0 nitrogen and oxygen atoms in total. The summed E-state index contributed by atoms with van der Waals surface area (Å²) in [5, 5.41) is 0. The zero-order valence-electron chi connectivity index (χ0n) is 5.11. The van der Waals surface area contributed by atoms with E-state index in [1.54, 1.807) is 0 Å². The van der Waals surface area contributed by atoms with Gasteiger partial charge in [0.1, 0.15) is 0 Å². The maximum Gasteiger partial charge on any atom is -0.0353 e. The lowest BCUT2D eigenvalue weighted by Crippen LogP contribution is -1.67. The summed E-state index contributed by atoms with van der Waals surface area (Å²) < 4.78 is 0. The quantitative estimate of drug-likeness (QED) is 0.351. The van der Waals surface area contributed by atoms with Crippen LogP contribution in [0.25, 0.3) is 0 Å². The van der Waals surface area contributed by atoms with E-state index in [9.17, 15) is 0 Å². The summed E-state index contributed by atoms with van der Waals surface area (Å²) in [5.41, 5.74) is 0. The van der Waals surface area contributed by atoms with E-state index in [1.165, 1.54) is 25.7 Å². The fraction of sp³-hybridized carbons (Fsp3) is 0.846. The van der Waals surface area contributed by atoms with Crippen LogP contribution in [0.4, 0.5) is 0 Å². The fourth-order valence-corrected chi connectivity index (χ4v) is 0.539. The molecule has 0 saturated heterocycles.